The monoisotopic (exact) mass is 956 g/mol. The Labute approximate surface area is 426 Å². The van der Waals surface area contributed by atoms with Crippen LogP contribution in [-0.4, -0.2) is 37.8 Å². The highest BCUT2D eigenvalue weighted by atomic mass is 16.4. The zero-order chi connectivity index (χ0) is 52.6. The molecule has 1 aromatic carbocycles. The SMILES string of the molecule is CCCCN(CCCC)c1ccc2c(CC(CC(C)(C)CC(C)(C)CC(C)(C)CC(C)(C)CC(C)(C)CC(C)(C)CC(C)(C)CC(C)(C)C(C)C)C(=O)O)c3ccc(=[N+](C)CCCC)cc-3oc2c1. The van der Waals surface area contributed by atoms with E-state index in [2.05, 4.69) is 198 Å². The smallest absolute Gasteiger partial charge is 0.306 e. The molecule has 0 saturated heterocycles. The van der Waals surface area contributed by atoms with E-state index in [1.807, 2.05) is 0 Å². The predicted octanol–water partition coefficient (Wildman–Crippen LogP) is 18.4. The first-order valence-electron chi connectivity index (χ1n) is 28.0. The molecule has 0 spiro atoms. The summed E-state index contributed by atoms with van der Waals surface area (Å²) in [5.74, 6) is 0.255. The van der Waals surface area contributed by atoms with Crippen LogP contribution in [0.5, 0.6) is 0 Å². The molecule has 3 rings (SSSR count). The highest BCUT2D eigenvalue weighted by molar-refractivity contribution is 5.90. The average Bonchev–Trinajstić information content (AvgIpc) is 3.15. The van der Waals surface area contributed by atoms with Gasteiger partial charge in [0, 0.05) is 48.3 Å². The van der Waals surface area contributed by atoms with E-state index < -0.39 is 11.9 Å². The molecule has 394 valence electrons. The highest BCUT2D eigenvalue weighted by Crippen LogP contribution is 2.54. The number of hydrogen-bond acceptors (Lipinski definition) is 3. The van der Waals surface area contributed by atoms with E-state index in [1.54, 1.807) is 0 Å². The molecule has 0 bridgehead atoms. The van der Waals surface area contributed by atoms with Gasteiger partial charge in [-0.2, -0.15) is 0 Å². The summed E-state index contributed by atoms with van der Waals surface area (Å²) < 4.78 is 9.16. The number of nitrogens with zero attached hydrogens (tertiary/aromatic N) is 2. The van der Waals surface area contributed by atoms with Crippen LogP contribution in [0.15, 0.2) is 40.8 Å². The summed E-state index contributed by atoms with van der Waals surface area (Å²) in [6.45, 7) is 54.0. The average molecular weight is 957 g/mol. The van der Waals surface area contributed by atoms with Crippen molar-refractivity contribution in [1.29, 1.82) is 0 Å². The van der Waals surface area contributed by atoms with Crippen LogP contribution in [0.2, 0.25) is 0 Å². The lowest BCUT2D eigenvalue weighted by molar-refractivity contribution is -0.143. The zero-order valence-electron chi connectivity index (χ0n) is 49.5. The minimum atomic E-state index is -0.711. The fraction of sp³-hybridized carbons (Fsp3) is 0.781. The Morgan fingerprint density at radius 3 is 1.49 bits per heavy atom. The Balaban J connectivity index is 1.89. The van der Waals surface area contributed by atoms with E-state index in [4.69, 9.17) is 4.42 Å². The number of unbranched alkanes of at least 4 members (excludes halogenated alkanes) is 3. The number of carboxylic acids is 1. The molecule has 1 unspecified atom stereocenters. The first-order valence-corrected chi connectivity index (χ1v) is 28.0. The second-order valence-corrected chi connectivity index (χ2v) is 29.4. The number of rotatable bonds is 30. The molecule has 1 aromatic rings. The maximum atomic E-state index is 13.5. The third-order valence-electron chi connectivity index (χ3n) is 15.9. The van der Waals surface area contributed by atoms with Gasteiger partial charge in [-0.05, 0) is 144 Å². The number of anilines is 1. The molecule has 1 N–H and O–H groups in total. The Bertz CT molecular complexity index is 2110. The lowest BCUT2D eigenvalue weighted by atomic mass is 9.58. The first kappa shape index (κ1) is 60.5. The predicted molar refractivity (Wildman–Crippen MR) is 303 cm³/mol. The molecule has 0 radical (unpaired) electrons. The minimum absolute atomic E-state index is 0.0298. The van der Waals surface area contributed by atoms with E-state index in [0.717, 1.165) is 111 Å². The molecular formula is C64H111N2O3+. The highest BCUT2D eigenvalue weighted by Gasteiger charge is 2.43. The standard InChI is InChI=1S/C64H110N2O3/c1-23-26-33-65(22)49-29-31-51-53(52-32-30-50(38-55(52)69-54(51)37-49)66(34-27-24-2)35-28-25-3)36-48(56(67)68)39-57(6,7)40-58(8,9)41-59(10,11)42-60(12,13)43-61(14,15)44-62(16,17)45-63(18,19)46-64(20,21)47(4)5/h29-32,37-38,47-48H,23-28,33-36,39-46H2,1-22H3/p+1. The van der Waals surface area contributed by atoms with Gasteiger partial charge >= 0.3 is 5.97 Å². The third-order valence-corrected chi connectivity index (χ3v) is 15.9. The van der Waals surface area contributed by atoms with Crippen molar-refractivity contribution in [3.63, 3.8) is 0 Å². The number of aliphatic carboxylic acids is 1. The van der Waals surface area contributed by atoms with Crippen LogP contribution in [0.25, 0.3) is 22.3 Å². The number of carbonyl (C=O) groups is 1. The van der Waals surface area contributed by atoms with E-state index >= 15 is 0 Å². The van der Waals surface area contributed by atoms with Crippen molar-refractivity contribution < 1.29 is 14.3 Å². The Morgan fingerprint density at radius 2 is 1.06 bits per heavy atom. The molecule has 1 atom stereocenters. The minimum Gasteiger partial charge on any atom is -0.481 e. The van der Waals surface area contributed by atoms with Crippen LogP contribution in [0.3, 0.4) is 0 Å². The van der Waals surface area contributed by atoms with Crippen molar-refractivity contribution in [1.82, 2.24) is 4.58 Å². The van der Waals surface area contributed by atoms with Gasteiger partial charge < -0.3 is 14.4 Å². The molecule has 0 saturated carbocycles. The number of benzene rings is 2. The van der Waals surface area contributed by atoms with Gasteiger partial charge in [-0.25, -0.2) is 4.58 Å². The molecule has 2 aliphatic rings. The van der Waals surface area contributed by atoms with Gasteiger partial charge in [0.25, 0.3) is 0 Å². The summed E-state index contributed by atoms with van der Waals surface area (Å²) in [5, 5.41) is 13.2. The summed E-state index contributed by atoms with van der Waals surface area (Å²) >= 11 is 0. The van der Waals surface area contributed by atoms with Gasteiger partial charge in [0.15, 0.2) is 0 Å². The summed E-state index contributed by atoms with van der Waals surface area (Å²) in [6.07, 6.45) is 16.0. The van der Waals surface area contributed by atoms with E-state index in [-0.39, 0.29) is 32.5 Å². The van der Waals surface area contributed by atoms with Gasteiger partial charge in [-0.3, -0.25) is 4.79 Å². The van der Waals surface area contributed by atoms with Crippen molar-refractivity contribution in [2.75, 3.05) is 31.6 Å². The normalized spacial score (nSPS) is 14.8. The number of hydrogen-bond donors (Lipinski definition) is 1. The zero-order valence-corrected chi connectivity index (χ0v) is 49.5. The van der Waals surface area contributed by atoms with Crippen LogP contribution in [0.1, 0.15) is 241 Å². The van der Waals surface area contributed by atoms with Gasteiger partial charge in [-0.1, -0.05) is 165 Å². The lowest BCUT2D eigenvalue weighted by Crippen LogP contribution is -2.36. The fourth-order valence-electron chi connectivity index (χ4n) is 15.0. The molecule has 0 aromatic heterocycles. The molecule has 5 nitrogen and oxygen atoms in total. The van der Waals surface area contributed by atoms with Crippen LogP contribution in [-0.2, 0) is 11.2 Å². The molecular weight excluding hydrogens is 845 g/mol. The molecule has 1 aliphatic heterocycles. The molecule has 0 fully saturated rings. The van der Waals surface area contributed by atoms with E-state index in [1.165, 1.54) is 31.4 Å². The molecule has 1 heterocycles. The summed E-state index contributed by atoms with van der Waals surface area (Å²) in [6, 6.07) is 13.2. The quantitative estimate of drug-likeness (QED) is 0.0534. The van der Waals surface area contributed by atoms with Gasteiger partial charge in [-0.15, -0.1) is 0 Å². The summed E-state index contributed by atoms with van der Waals surface area (Å²) in [5.41, 5.74) is 5.38. The summed E-state index contributed by atoms with van der Waals surface area (Å²) in [4.78, 5) is 16.0. The van der Waals surface area contributed by atoms with Gasteiger partial charge in [0.1, 0.15) is 24.9 Å². The van der Waals surface area contributed by atoms with Crippen molar-refractivity contribution in [2.45, 2.75) is 242 Å². The van der Waals surface area contributed by atoms with Crippen LogP contribution < -0.4 is 14.8 Å². The number of fused-ring (bicyclic) bond motifs is 2. The van der Waals surface area contributed by atoms with Crippen LogP contribution in [0.4, 0.5) is 5.69 Å². The molecule has 0 amide bonds. The molecule has 1 aliphatic carbocycles. The molecule has 69 heavy (non-hydrogen) atoms. The van der Waals surface area contributed by atoms with E-state index in [9.17, 15) is 9.90 Å². The number of carboxylic acid groups (broad SMARTS) is 1. The van der Waals surface area contributed by atoms with Crippen molar-refractivity contribution in [2.24, 2.45) is 55.2 Å². The van der Waals surface area contributed by atoms with Crippen molar-refractivity contribution >= 4 is 22.6 Å². The third kappa shape index (κ3) is 19.3. The summed E-state index contributed by atoms with van der Waals surface area (Å²) in [7, 11) is 2.16. The van der Waals surface area contributed by atoms with Gasteiger partial charge in [0.2, 0.25) is 5.36 Å². The Kier molecular flexibility index (Phi) is 20.9. The van der Waals surface area contributed by atoms with Crippen molar-refractivity contribution in [3.8, 4) is 11.3 Å². The van der Waals surface area contributed by atoms with Gasteiger partial charge in [0.05, 0.1) is 12.0 Å². The first-order chi connectivity index (χ1) is 31.5. The Hall–Kier alpha value is -2.82. The molecule has 5 heteroatoms. The lowest BCUT2D eigenvalue weighted by Gasteiger charge is -2.47. The topological polar surface area (TPSA) is 56.7 Å². The largest absolute Gasteiger partial charge is 0.481 e. The van der Waals surface area contributed by atoms with Crippen LogP contribution >= 0.6 is 0 Å². The fourth-order valence-corrected chi connectivity index (χ4v) is 15.0. The van der Waals surface area contributed by atoms with Crippen LogP contribution in [0, 0.1) is 55.2 Å². The Morgan fingerprint density at radius 1 is 0.609 bits per heavy atom. The van der Waals surface area contributed by atoms with Crippen molar-refractivity contribution in [3.05, 3.63) is 47.3 Å². The maximum Gasteiger partial charge on any atom is 0.306 e. The van der Waals surface area contributed by atoms with E-state index in [0.29, 0.717) is 29.6 Å². The second kappa shape index (κ2) is 23.8. The second-order valence-electron chi connectivity index (χ2n) is 29.4. The maximum absolute atomic E-state index is 13.5.